The van der Waals surface area contributed by atoms with E-state index in [1.54, 1.807) is 6.92 Å². The Balaban J connectivity index is 1.29. The van der Waals surface area contributed by atoms with Gasteiger partial charge in [0, 0.05) is 11.5 Å². The molecule has 1 amide bonds. The Hall–Kier alpha value is -3.89. The van der Waals surface area contributed by atoms with Gasteiger partial charge in [0.2, 0.25) is 11.8 Å². The highest BCUT2D eigenvalue weighted by molar-refractivity contribution is 6.09. The van der Waals surface area contributed by atoms with E-state index in [2.05, 4.69) is 60.2 Å². The summed E-state index contributed by atoms with van der Waals surface area (Å²) in [6, 6.07) is 8.43. The average Bonchev–Trinajstić information content (AvgIpc) is 3.31. The molecule has 4 N–H and O–H groups in total. The van der Waals surface area contributed by atoms with Crippen LogP contribution in [0, 0.1) is 12.8 Å². The number of carbonyl (C=O) groups is 1. The van der Waals surface area contributed by atoms with Crippen LogP contribution in [0.15, 0.2) is 29.3 Å². The molecule has 1 saturated carbocycles. The first-order valence-electron chi connectivity index (χ1n) is 11.4. The van der Waals surface area contributed by atoms with Crippen molar-refractivity contribution in [3.05, 3.63) is 41.2 Å². The van der Waals surface area contributed by atoms with Gasteiger partial charge in [-0.05, 0) is 63.1 Å². The molecule has 0 saturated heterocycles. The van der Waals surface area contributed by atoms with Crippen molar-refractivity contribution in [2.75, 3.05) is 11.1 Å². The summed E-state index contributed by atoms with van der Waals surface area (Å²) in [7, 11) is 0. The number of nitrogen functional groups attached to an aromatic ring is 1. The summed E-state index contributed by atoms with van der Waals surface area (Å²) in [5, 5.41) is 16.1. The number of H-pyrrole nitrogens is 1. The molecule has 0 atom stereocenters. The molecule has 0 spiro atoms. The van der Waals surface area contributed by atoms with E-state index >= 15 is 0 Å². The minimum Gasteiger partial charge on any atom is -0.463 e. The Kier molecular flexibility index (Phi) is 5.46. The van der Waals surface area contributed by atoms with Crippen LogP contribution in [0.3, 0.4) is 0 Å². The minimum atomic E-state index is -0.661. The molecule has 11 nitrogen and oxygen atoms in total. The van der Waals surface area contributed by atoms with Gasteiger partial charge >= 0.3 is 0 Å². The summed E-state index contributed by atoms with van der Waals surface area (Å²) in [5.41, 5.74) is 8.91. The molecule has 176 valence electrons. The molecule has 0 unspecified atom stereocenters. The largest absolute Gasteiger partial charge is 0.463 e. The Morgan fingerprint density at radius 1 is 1.15 bits per heavy atom. The van der Waals surface area contributed by atoms with E-state index in [1.165, 1.54) is 5.56 Å². The van der Waals surface area contributed by atoms with Crippen molar-refractivity contribution in [1.82, 2.24) is 30.6 Å². The van der Waals surface area contributed by atoms with Crippen LogP contribution in [0.2, 0.25) is 0 Å². The van der Waals surface area contributed by atoms with Crippen LogP contribution in [0.25, 0.3) is 0 Å². The summed E-state index contributed by atoms with van der Waals surface area (Å²) in [6.45, 7) is 5.72. The van der Waals surface area contributed by atoms with Crippen molar-refractivity contribution in [1.29, 1.82) is 0 Å². The van der Waals surface area contributed by atoms with Crippen LogP contribution in [0.5, 0.6) is 5.88 Å². The predicted molar refractivity (Wildman–Crippen MR) is 126 cm³/mol. The van der Waals surface area contributed by atoms with Gasteiger partial charge < -0.3 is 10.5 Å². The quantitative estimate of drug-likeness (QED) is 0.535. The Labute approximate surface area is 196 Å². The maximum absolute atomic E-state index is 12.4. The van der Waals surface area contributed by atoms with Crippen LogP contribution >= 0.6 is 0 Å². The second-order valence-electron chi connectivity index (χ2n) is 9.28. The normalized spacial score (nSPS) is 21.2. The third kappa shape index (κ3) is 4.20. The maximum Gasteiger partial charge on any atom is 0.269 e. The fourth-order valence-electron chi connectivity index (χ4n) is 4.72. The van der Waals surface area contributed by atoms with Gasteiger partial charge in [-0.25, -0.2) is 9.98 Å². The zero-order valence-corrected chi connectivity index (χ0v) is 19.4. The molecule has 1 aliphatic heterocycles. The predicted octanol–water partition coefficient (Wildman–Crippen LogP) is 3.08. The Bertz CT molecular complexity index is 1230. The first-order chi connectivity index (χ1) is 16.3. The number of ether oxygens (including phenoxy) is 1. The van der Waals surface area contributed by atoms with Crippen LogP contribution in [-0.4, -0.2) is 47.8 Å². The van der Waals surface area contributed by atoms with Crippen LogP contribution in [0.1, 0.15) is 62.4 Å². The highest BCUT2D eigenvalue weighted by Crippen LogP contribution is 2.40. The first-order valence-corrected chi connectivity index (χ1v) is 11.4. The standard InChI is InChI=1S/C23H27N9O2/c1-12-25-19(24)17-21(26-12)34-23(2,3)18(27-17)15-8-4-13(5-9-15)14-6-10-16(11-7-14)20(33)28-22-29-31-32-30-22/h4-5,8-9,14,16H,6-7,10-11H2,1-3H3,(H2,24,25,26)(H2,28,29,30,31,32,33)/t14-,16-. The lowest BCUT2D eigenvalue weighted by Crippen LogP contribution is -2.41. The number of aromatic nitrogens is 6. The number of carbonyl (C=O) groups excluding carboxylic acids is 1. The summed E-state index contributed by atoms with van der Waals surface area (Å²) in [5.74, 6) is 1.81. The third-order valence-electron chi connectivity index (χ3n) is 6.47. The molecule has 0 bridgehead atoms. The summed E-state index contributed by atoms with van der Waals surface area (Å²) < 4.78 is 6.15. The van der Waals surface area contributed by atoms with E-state index < -0.39 is 5.60 Å². The van der Waals surface area contributed by atoms with Gasteiger partial charge in [0.15, 0.2) is 11.5 Å². The van der Waals surface area contributed by atoms with E-state index in [1.807, 2.05) is 13.8 Å². The number of anilines is 2. The number of aryl methyl sites for hydroxylation is 1. The van der Waals surface area contributed by atoms with Gasteiger partial charge in [-0.15, -0.1) is 5.10 Å². The molecular formula is C23H27N9O2. The number of fused-ring (bicyclic) bond motifs is 1. The zero-order valence-electron chi connectivity index (χ0n) is 19.4. The van der Waals surface area contributed by atoms with Gasteiger partial charge in [0.25, 0.3) is 5.95 Å². The van der Waals surface area contributed by atoms with Crippen molar-refractivity contribution in [3.8, 4) is 5.88 Å². The lowest BCUT2D eigenvalue weighted by molar-refractivity contribution is -0.120. The van der Waals surface area contributed by atoms with Gasteiger partial charge in [-0.1, -0.05) is 29.4 Å². The zero-order chi connectivity index (χ0) is 23.9. The number of amides is 1. The number of tetrazole rings is 1. The number of benzene rings is 1. The van der Waals surface area contributed by atoms with E-state index in [9.17, 15) is 4.79 Å². The lowest BCUT2D eigenvalue weighted by atomic mass is 9.78. The Morgan fingerprint density at radius 3 is 2.56 bits per heavy atom. The molecule has 3 aromatic rings. The van der Waals surface area contributed by atoms with Gasteiger partial charge in [0.1, 0.15) is 11.4 Å². The molecule has 1 fully saturated rings. The number of aromatic amines is 1. The summed E-state index contributed by atoms with van der Waals surface area (Å²) >= 11 is 0. The second-order valence-corrected chi connectivity index (χ2v) is 9.28. The van der Waals surface area contributed by atoms with Crippen molar-refractivity contribution in [2.45, 2.75) is 58.0 Å². The van der Waals surface area contributed by atoms with Crippen LogP contribution in [-0.2, 0) is 4.79 Å². The van der Waals surface area contributed by atoms with Crippen molar-refractivity contribution < 1.29 is 9.53 Å². The van der Waals surface area contributed by atoms with E-state index in [0.717, 1.165) is 37.0 Å². The SMILES string of the molecule is Cc1nc(N)c2c(n1)OC(C)(C)C(c1ccc([C@H]3CC[C@H](C(=O)Nc4nn[nH]n4)CC3)cc1)=N2. The van der Waals surface area contributed by atoms with Crippen molar-refractivity contribution in [2.24, 2.45) is 10.9 Å². The van der Waals surface area contributed by atoms with Crippen LogP contribution < -0.4 is 15.8 Å². The number of hydrogen-bond donors (Lipinski definition) is 3. The molecule has 1 aliphatic carbocycles. The molecule has 5 rings (SSSR count). The third-order valence-corrected chi connectivity index (χ3v) is 6.47. The van der Waals surface area contributed by atoms with E-state index in [4.69, 9.17) is 15.5 Å². The second kappa shape index (κ2) is 8.47. The number of nitrogens with two attached hydrogens (primary N) is 1. The molecule has 1 aromatic carbocycles. The van der Waals surface area contributed by atoms with E-state index in [0.29, 0.717) is 29.1 Å². The summed E-state index contributed by atoms with van der Waals surface area (Å²) in [4.78, 5) is 25.8. The van der Waals surface area contributed by atoms with Gasteiger partial charge in [0.05, 0.1) is 5.71 Å². The molecule has 3 heterocycles. The van der Waals surface area contributed by atoms with Gasteiger partial charge in [-0.2, -0.15) is 10.2 Å². The smallest absolute Gasteiger partial charge is 0.269 e. The number of nitrogens with one attached hydrogen (secondary N) is 2. The summed E-state index contributed by atoms with van der Waals surface area (Å²) in [6.07, 6.45) is 3.53. The molecule has 0 radical (unpaired) electrons. The first kappa shape index (κ1) is 21.9. The minimum absolute atomic E-state index is 0.0417. The molecule has 11 heteroatoms. The lowest BCUT2D eigenvalue weighted by Gasteiger charge is -2.32. The van der Waals surface area contributed by atoms with Crippen molar-refractivity contribution >= 4 is 29.1 Å². The fourth-order valence-corrected chi connectivity index (χ4v) is 4.72. The van der Waals surface area contributed by atoms with Crippen LogP contribution in [0.4, 0.5) is 17.5 Å². The number of aliphatic imine (C=N–C) groups is 1. The topological polar surface area (TPSA) is 157 Å². The maximum atomic E-state index is 12.4. The highest BCUT2D eigenvalue weighted by Gasteiger charge is 2.35. The average molecular weight is 462 g/mol. The molecule has 34 heavy (non-hydrogen) atoms. The van der Waals surface area contributed by atoms with Crippen molar-refractivity contribution in [3.63, 3.8) is 0 Å². The fraction of sp³-hybridized carbons (Fsp3) is 0.435. The van der Waals surface area contributed by atoms with E-state index in [-0.39, 0.29) is 17.8 Å². The molecular weight excluding hydrogens is 434 g/mol. The Morgan fingerprint density at radius 2 is 1.88 bits per heavy atom. The number of rotatable bonds is 4. The highest BCUT2D eigenvalue weighted by atomic mass is 16.5. The number of hydrogen-bond acceptors (Lipinski definition) is 9. The van der Waals surface area contributed by atoms with Gasteiger partial charge in [-0.3, -0.25) is 10.1 Å². The molecule has 2 aromatic heterocycles. The monoisotopic (exact) mass is 461 g/mol. The number of nitrogens with zero attached hydrogens (tertiary/aromatic N) is 6. The molecule has 2 aliphatic rings.